The summed E-state index contributed by atoms with van der Waals surface area (Å²) in [7, 11) is 0. The van der Waals surface area contributed by atoms with Crippen molar-refractivity contribution in [1.82, 2.24) is 10.2 Å². The number of rotatable bonds is 2. The number of nitrogens with two attached hydrogens (primary N) is 1. The van der Waals surface area contributed by atoms with Crippen LogP contribution < -0.4 is 11.1 Å². The highest BCUT2D eigenvalue weighted by Crippen LogP contribution is 2.23. The summed E-state index contributed by atoms with van der Waals surface area (Å²) < 4.78 is 0. The normalized spacial score (nSPS) is 29.2. The Kier molecular flexibility index (Phi) is 3.04. The molecule has 88 valence electrons. The minimum Gasteiger partial charge on any atom is -0.368 e. The lowest BCUT2D eigenvalue weighted by molar-refractivity contribution is -0.138. The second kappa shape index (κ2) is 4.32. The van der Waals surface area contributed by atoms with Gasteiger partial charge in [0.1, 0.15) is 12.1 Å². The number of hydrogen-bond acceptors (Lipinski definition) is 4. The van der Waals surface area contributed by atoms with Crippen molar-refractivity contribution in [2.45, 2.75) is 24.9 Å². The minimum absolute atomic E-state index is 0.110. The van der Waals surface area contributed by atoms with Crippen LogP contribution >= 0.6 is 11.8 Å². The average Bonchev–Trinajstić information content (AvgIpc) is 2.84. The molecule has 0 bridgehead atoms. The van der Waals surface area contributed by atoms with Crippen LogP contribution in [0.25, 0.3) is 0 Å². The first-order valence-electron chi connectivity index (χ1n) is 5.06. The van der Waals surface area contributed by atoms with E-state index in [2.05, 4.69) is 5.32 Å². The van der Waals surface area contributed by atoms with Crippen molar-refractivity contribution in [3.8, 4) is 0 Å². The zero-order valence-electron chi connectivity index (χ0n) is 8.64. The third-order valence-corrected chi connectivity index (χ3v) is 3.80. The number of carbonyl (C=O) groups excluding carboxylic acids is 3. The average molecular weight is 243 g/mol. The first kappa shape index (κ1) is 11.3. The van der Waals surface area contributed by atoms with E-state index >= 15 is 0 Å². The van der Waals surface area contributed by atoms with E-state index in [-0.39, 0.29) is 11.8 Å². The third-order valence-electron chi connectivity index (χ3n) is 2.79. The van der Waals surface area contributed by atoms with Crippen molar-refractivity contribution < 1.29 is 14.4 Å². The summed E-state index contributed by atoms with van der Waals surface area (Å²) in [5.41, 5.74) is 5.22. The molecule has 0 radical (unpaired) electrons. The second-order valence-electron chi connectivity index (χ2n) is 3.88. The molecular formula is C9H13N3O3S. The van der Waals surface area contributed by atoms with E-state index in [4.69, 9.17) is 5.73 Å². The molecule has 16 heavy (non-hydrogen) atoms. The predicted octanol–water partition coefficient (Wildman–Crippen LogP) is -1.35. The second-order valence-corrected chi connectivity index (χ2v) is 4.88. The van der Waals surface area contributed by atoms with E-state index in [1.807, 2.05) is 0 Å². The highest BCUT2D eigenvalue weighted by molar-refractivity contribution is 7.99. The van der Waals surface area contributed by atoms with Crippen molar-refractivity contribution >= 4 is 29.5 Å². The highest BCUT2D eigenvalue weighted by Gasteiger charge is 2.38. The fourth-order valence-corrected chi connectivity index (χ4v) is 3.07. The first-order chi connectivity index (χ1) is 7.59. The molecule has 2 aliphatic heterocycles. The number of thioether (sulfide) groups is 1. The molecule has 2 atom stereocenters. The Morgan fingerprint density at radius 2 is 2.25 bits per heavy atom. The van der Waals surface area contributed by atoms with Crippen molar-refractivity contribution in [3.63, 3.8) is 0 Å². The highest BCUT2D eigenvalue weighted by atomic mass is 32.2. The molecule has 0 aromatic carbocycles. The molecule has 2 saturated heterocycles. The minimum atomic E-state index is -0.532. The van der Waals surface area contributed by atoms with Crippen LogP contribution in [0.3, 0.4) is 0 Å². The molecule has 0 aromatic rings. The number of carbonyl (C=O) groups is 3. The van der Waals surface area contributed by atoms with E-state index in [1.165, 1.54) is 16.7 Å². The maximum Gasteiger partial charge on any atom is 0.246 e. The summed E-state index contributed by atoms with van der Waals surface area (Å²) in [4.78, 5) is 35.6. The molecule has 3 N–H and O–H groups in total. The maximum atomic E-state index is 12.0. The van der Waals surface area contributed by atoms with Crippen LogP contribution in [0.1, 0.15) is 12.8 Å². The van der Waals surface area contributed by atoms with Crippen molar-refractivity contribution in [2.75, 3.05) is 11.6 Å². The molecular weight excluding hydrogens is 230 g/mol. The standard InChI is InChI=1S/C9H13N3O3S/c10-8(14)6-3-16-4-12(6)9(15)5-1-2-7(13)11-5/h5-6H,1-4H2,(H2,10,14)(H,11,13)/t5-,6-/m0/s1. The molecule has 2 fully saturated rings. The van der Waals surface area contributed by atoms with E-state index in [9.17, 15) is 14.4 Å². The molecule has 0 aromatic heterocycles. The van der Waals surface area contributed by atoms with Gasteiger partial charge in [-0.15, -0.1) is 11.8 Å². The number of nitrogens with zero attached hydrogens (tertiary/aromatic N) is 1. The molecule has 6 nitrogen and oxygen atoms in total. The monoisotopic (exact) mass is 243 g/mol. The third kappa shape index (κ3) is 1.99. The Balaban J connectivity index is 2.03. The molecule has 3 amide bonds. The molecule has 2 rings (SSSR count). The van der Waals surface area contributed by atoms with Gasteiger partial charge in [0.15, 0.2) is 0 Å². The van der Waals surface area contributed by atoms with Gasteiger partial charge in [0.2, 0.25) is 17.7 Å². The summed E-state index contributed by atoms with van der Waals surface area (Å²) in [5.74, 6) is 0.226. The van der Waals surface area contributed by atoms with Gasteiger partial charge in [-0.3, -0.25) is 14.4 Å². The number of amides is 3. The van der Waals surface area contributed by atoms with Gasteiger partial charge in [-0.05, 0) is 6.42 Å². The maximum absolute atomic E-state index is 12.0. The topological polar surface area (TPSA) is 92.5 Å². The number of primary amides is 1. The summed E-state index contributed by atoms with van der Waals surface area (Å²) in [6.45, 7) is 0. The van der Waals surface area contributed by atoms with Gasteiger partial charge < -0.3 is 16.0 Å². The Morgan fingerprint density at radius 1 is 1.50 bits per heavy atom. The van der Waals surface area contributed by atoms with E-state index in [0.29, 0.717) is 24.5 Å². The molecule has 0 aliphatic carbocycles. The largest absolute Gasteiger partial charge is 0.368 e. The predicted molar refractivity (Wildman–Crippen MR) is 58.3 cm³/mol. The van der Waals surface area contributed by atoms with Crippen molar-refractivity contribution in [2.24, 2.45) is 5.73 Å². The van der Waals surface area contributed by atoms with Crippen LogP contribution in [0.4, 0.5) is 0 Å². The summed E-state index contributed by atoms with van der Waals surface area (Å²) in [6.07, 6.45) is 0.878. The Bertz CT molecular complexity index is 347. The van der Waals surface area contributed by atoms with E-state index in [1.54, 1.807) is 0 Å². The number of hydrogen-bond donors (Lipinski definition) is 2. The van der Waals surface area contributed by atoms with Crippen LogP contribution in [0, 0.1) is 0 Å². The van der Waals surface area contributed by atoms with Crippen LogP contribution in [0.5, 0.6) is 0 Å². The molecule has 2 heterocycles. The van der Waals surface area contributed by atoms with Gasteiger partial charge >= 0.3 is 0 Å². The zero-order chi connectivity index (χ0) is 11.7. The fourth-order valence-electron chi connectivity index (χ4n) is 1.90. The van der Waals surface area contributed by atoms with E-state index < -0.39 is 18.0 Å². The van der Waals surface area contributed by atoms with Crippen LogP contribution in [0.2, 0.25) is 0 Å². The molecule has 0 unspecified atom stereocenters. The van der Waals surface area contributed by atoms with Crippen molar-refractivity contribution in [3.05, 3.63) is 0 Å². The van der Waals surface area contributed by atoms with Gasteiger partial charge in [-0.2, -0.15) is 0 Å². The quantitative estimate of drug-likeness (QED) is 0.627. The Hall–Kier alpha value is -1.24. The van der Waals surface area contributed by atoms with E-state index in [0.717, 1.165) is 0 Å². The number of nitrogens with one attached hydrogen (secondary N) is 1. The van der Waals surface area contributed by atoms with Crippen molar-refractivity contribution in [1.29, 1.82) is 0 Å². The van der Waals surface area contributed by atoms with Gasteiger partial charge in [-0.1, -0.05) is 0 Å². The molecule has 0 saturated carbocycles. The zero-order valence-corrected chi connectivity index (χ0v) is 9.46. The smallest absolute Gasteiger partial charge is 0.246 e. The molecule has 7 heteroatoms. The van der Waals surface area contributed by atoms with Crippen LogP contribution in [-0.2, 0) is 14.4 Å². The van der Waals surface area contributed by atoms with Gasteiger partial charge in [0, 0.05) is 12.2 Å². The Morgan fingerprint density at radius 3 is 2.81 bits per heavy atom. The lowest BCUT2D eigenvalue weighted by Crippen LogP contribution is -2.51. The molecule has 0 spiro atoms. The Labute approximate surface area is 96.9 Å². The lowest BCUT2D eigenvalue weighted by atomic mass is 10.2. The summed E-state index contributed by atoms with van der Waals surface area (Å²) in [6, 6.07) is -1.01. The lowest BCUT2D eigenvalue weighted by Gasteiger charge is -2.24. The summed E-state index contributed by atoms with van der Waals surface area (Å²) >= 11 is 1.50. The SMILES string of the molecule is NC(=O)[C@@H]1CSCN1C(=O)[C@@H]1CCC(=O)N1. The van der Waals surface area contributed by atoms with Crippen LogP contribution in [0.15, 0.2) is 0 Å². The van der Waals surface area contributed by atoms with Gasteiger partial charge in [0.05, 0.1) is 5.88 Å². The van der Waals surface area contributed by atoms with Crippen LogP contribution in [-0.4, -0.2) is 46.3 Å². The fraction of sp³-hybridized carbons (Fsp3) is 0.667. The summed E-state index contributed by atoms with van der Waals surface area (Å²) in [5, 5.41) is 2.60. The van der Waals surface area contributed by atoms with Gasteiger partial charge in [0.25, 0.3) is 0 Å². The first-order valence-corrected chi connectivity index (χ1v) is 6.22. The van der Waals surface area contributed by atoms with Gasteiger partial charge in [-0.25, -0.2) is 0 Å². The molecule has 2 aliphatic rings.